The molecule has 1 N–H and O–H groups in total. The highest BCUT2D eigenvalue weighted by molar-refractivity contribution is 6.32. The highest BCUT2D eigenvalue weighted by atomic mass is 35.5. The Kier molecular flexibility index (Phi) is 6.43. The number of benzene rings is 2. The molecule has 0 fully saturated rings. The van der Waals surface area contributed by atoms with Crippen LogP contribution in [0.5, 0.6) is 23.0 Å². The molecule has 0 spiro atoms. The molecule has 3 rings (SSSR count). The lowest BCUT2D eigenvalue weighted by Crippen LogP contribution is -2.12. The average molecular weight is 372 g/mol. The SMILES string of the molecule is COc1ccc(CNCc2cc(Cl)c3c(c2)OCO3)cc1OC.Cl. The number of hydrogen-bond donors (Lipinski definition) is 1. The molecule has 1 aliphatic heterocycles. The minimum Gasteiger partial charge on any atom is -0.493 e. The van der Waals surface area contributed by atoms with Gasteiger partial charge in [0.05, 0.1) is 19.2 Å². The molecule has 1 heterocycles. The van der Waals surface area contributed by atoms with E-state index in [9.17, 15) is 0 Å². The van der Waals surface area contributed by atoms with Gasteiger partial charge in [-0.2, -0.15) is 0 Å². The predicted octanol–water partition coefficient (Wildman–Crippen LogP) is 3.80. The number of halogens is 2. The van der Waals surface area contributed by atoms with Gasteiger partial charge in [-0.3, -0.25) is 0 Å². The van der Waals surface area contributed by atoms with Crippen molar-refractivity contribution in [3.05, 3.63) is 46.5 Å². The van der Waals surface area contributed by atoms with Crippen LogP contribution in [0.15, 0.2) is 30.3 Å². The van der Waals surface area contributed by atoms with Crippen LogP contribution in [0.4, 0.5) is 0 Å². The number of methoxy groups -OCH3 is 2. The third-order valence-corrected chi connectivity index (χ3v) is 3.87. The Labute approximate surface area is 152 Å². The first-order chi connectivity index (χ1) is 11.2. The molecule has 0 radical (unpaired) electrons. The Balaban J connectivity index is 0.00000208. The van der Waals surface area contributed by atoms with Gasteiger partial charge >= 0.3 is 0 Å². The van der Waals surface area contributed by atoms with Crippen LogP contribution in [-0.2, 0) is 13.1 Å². The van der Waals surface area contributed by atoms with Crippen molar-refractivity contribution >= 4 is 24.0 Å². The van der Waals surface area contributed by atoms with E-state index in [0.717, 1.165) is 22.6 Å². The maximum absolute atomic E-state index is 6.18. The number of rotatable bonds is 6. The summed E-state index contributed by atoms with van der Waals surface area (Å²) in [6, 6.07) is 9.68. The number of ether oxygens (including phenoxy) is 4. The van der Waals surface area contributed by atoms with Crippen LogP contribution in [0.3, 0.4) is 0 Å². The zero-order valence-corrected chi connectivity index (χ0v) is 15.0. The fraction of sp³-hybridized carbons (Fsp3) is 0.294. The van der Waals surface area contributed by atoms with Crippen LogP contribution in [-0.4, -0.2) is 21.0 Å². The summed E-state index contributed by atoms with van der Waals surface area (Å²) >= 11 is 6.18. The molecule has 0 aromatic heterocycles. The lowest BCUT2D eigenvalue weighted by atomic mass is 10.1. The molecular weight excluding hydrogens is 353 g/mol. The summed E-state index contributed by atoms with van der Waals surface area (Å²) in [5.74, 6) is 2.76. The van der Waals surface area contributed by atoms with Crippen LogP contribution in [0.1, 0.15) is 11.1 Å². The van der Waals surface area contributed by atoms with Crippen molar-refractivity contribution in [2.24, 2.45) is 0 Å². The minimum atomic E-state index is 0. The number of fused-ring (bicyclic) bond motifs is 1. The molecule has 5 nitrogen and oxygen atoms in total. The predicted molar refractivity (Wildman–Crippen MR) is 94.9 cm³/mol. The maximum Gasteiger partial charge on any atom is 0.231 e. The van der Waals surface area contributed by atoms with Crippen LogP contribution in [0.2, 0.25) is 5.02 Å². The van der Waals surface area contributed by atoms with Crippen LogP contribution < -0.4 is 24.3 Å². The van der Waals surface area contributed by atoms with Crippen molar-refractivity contribution in [1.82, 2.24) is 5.32 Å². The van der Waals surface area contributed by atoms with Gasteiger partial charge < -0.3 is 24.3 Å². The monoisotopic (exact) mass is 371 g/mol. The summed E-state index contributed by atoms with van der Waals surface area (Å²) in [5.41, 5.74) is 2.15. The smallest absolute Gasteiger partial charge is 0.231 e. The molecule has 130 valence electrons. The minimum absolute atomic E-state index is 0. The van der Waals surface area contributed by atoms with E-state index in [2.05, 4.69) is 5.32 Å². The fourth-order valence-corrected chi connectivity index (χ4v) is 2.75. The summed E-state index contributed by atoms with van der Waals surface area (Å²) < 4.78 is 21.2. The molecule has 7 heteroatoms. The molecule has 0 saturated carbocycles. The Hall–Kier alpha value is -1.82. The summed E-state index contributed by atoms with van der Waals surface area (Å²) in [4.78, 5) is 0. The standard InChI is InChI=1S/C17H18ClNO4.ClH/c1-20-14-4-3-11(6-15(14)21-2)8-19-9-12-5-13(18)17-16(7-12)22-10-23-17;/h3-7,19H,8-10H2,1-2H3;1H. The lowest BCUT2D eigenvalue weighted by Gasteiger charge is -2.11. The first kappa shape index (κ1) is 18.5. The first-order valence-corrected chi connectivity index (χ1v) is 7.58. The van der Waals surface area contributed by atoms with E-state index in [1.54, 1.807) is 14.2 Å². The summed E-state index contributed by atoms with van der Waals surface area (Å²) in [5, 5.41) is 3.95. The maximum atomic E-state index is 6.18. The largest absolute Gasteiger partial charge is 0.493 e. The van der Waals surface area contributed by atoms with E-state index in [4.69, 9.17) is 30.5 Å². The van der Waals surface area contributed by atoms with Gasteiger partial charge in [0.25, 0.3) is 0 Å². The zero-order chi connectivity index (χ0) is 16.2. The van der Waals surface area contributed by atoms with E-state index in [0.29, 0.717) is 29.6 Å². The highest BCUT2D eigenvalue weighted by Crippen LogP contribution is 2.39. The molecule has 0 amide bonds. The summed E-state index contributed by atoms with van der Waals surface area (Å²) in [6.07, 6.45) is 0. The summed E-state index contributed by atoms with van der Waals surface area (Å²) in [6.45, 7) is 1.59. The van der Waals surface area contributed by atoms with Crippen molar-refractivity contribution in [3.63, 3.8) is 0 Å². The molecule has 0 aliphatic carbocycles. The molecule has 0 saturated heterocycles. The van der Waals surface area contributed by atoms with Crippen molar-refractivity contribution in [1.29, 1.82) is 0 Å². The van der Waals surface area contributed by atoms with Gasteiger partial charge in [-0.25, -0.2) is 0 Å². The van der Waals surface area contributed by atoms with Crippen molar-refractivity contribution in [2.45, 2.75) is 13.1 Å². The van der Waals surface area contributed by atoms with E-state index in [1.807, 2.05) is 30.3 Å². The average Bonchev–Trinajstić information content (AvgIpc) is 3.04. The Morgan fingerprint density at radius 1 is 1.00 bits per heavy atom. The number of hydrogen-bond acceptors (Lipinski definition) is 5. The number of nitrogens with one attached hydrogen (secondary N) is 1. The van der Waals surface area contributed by atoms with Gasteiger partial charge in [-0.05, 0) is 35.4 Å². The third kappa shape index (κ3) is 3.98. The van der Waals surface area contributed by atoms with E-state index in [1.165, 1.54) is 0 Å². The fourth-order valence-electron chi connectivity index (χ4n) is 2.46. The molecule has 24 heavy (non-hydrogen) atoms. The highest BCUT2D eigenvalue weighted by Gasteiger charge is 2.18. The molecule has 1 aliphatic rings. The van der Waals surface area contributed by atoms with Crippen LogP contribution >= 0.6 is 24.0 Å². The molecule has 0 unspecified atom stereocenters. The lowest BCUT2D eigenvalue weighted by molar-refractivity contribution is 0.174. The van der Waals surface area contributed by atoms with Gasteiger partial charge in [-0.1, -0.05) is 17.7 Å². The second-order valence-electron chi connectivity index (χ2n) is 5.10. The van der Waals surface area contributed by atoms with Crippen molar-refractivity contribution < 1.29 is 18.9 Å². The normalized spacial score (nSPS) is 11.8. The van der Waals surface area contributed by atoms with Gasteiger partial charge in [0, 0.05) is 13.1 Å². The second-order valence-corrected chi connectivity index (χ2v) is 5.51. The molecule has 0 bridgehead atoms. The van der Waals surface area contributed by atoms with Crippen molar-refractivity contribution in [3.8, 4) is 23.0 Å². The van der Waals surface area contributed by atoms with Gasteiger partial charge in [0.2, 0.25) is 6.79 Å². The molecule has 0 atom stereocenters. The molecular formula is C17H19Cl2NO4. The van der Waals surface area contributed by atoms with Gasteiger partial charge in [-0.15, -0.1) is 12.4 Å². The third-order valence-electron chi connectivity index (χ3n) is 3.59. The first-order valence-electron chi connectivity index (χ1n) is 7.21. The second kappa shape index (κ2) is 8.33. The van der Waals surface area contributed by atoms with E-state index in [-0.39, 0.29) is 19.2 Å². The summed E-state index contributed by atoms with van der Waals surface area (Å²) in [7, 11) is 3.25. The Bertz CT molecular complexity index is 709. The molecule has 2 aromatic rings. The Morgan fingerprint density at radius 3 is 2.50 bits per heavy atom. The van der Waals surface area contributed by atoms with E-state index < -0.39 is 0 Å². The van der Waals surface area contributed by atoms with Crippen LogP contribution in [0.25, 0.3) is 0 Å². The zero-order valence-electron chi connectivity index (χ0n) is 13.4. The quantitative estimate of drug-likeness (QED) is 0.836. The van der Waals surface area contributed by atoms with Gasteiger partial charge in [0.1, 0.15) is 0 Å². The Morgan fingerprint density at radius 2 is 1.75 bits per heavy atom. The topological polar surface area (TPSA) is 49.0 Å². The van der Waals surface area contributed by atoms with E-state index >= 15 is 0 Å². The van der Waals surface area contributed by atoms with Gasteiger partial charge in [0.15, 0.2) is 23.0 Å². The molecule has 2 aromatic carbocycles. The van der Waals surface area contributed by atoms with Crippen LogP contribution in [0, 0.1) is 0 Å². The van der Waals surface area contributed by atoms with Crippen molar-refractivity contribution in [2.75, 3.05) is 21.0 Å².